The van der Waals surface area contributed by atoms with Crippen molar-refractivity contribution in [3.63, 3.8) is 0 Å². The van der Waals surface area contributed by atoms with Crippen LogP contribution in [0.1, 0.15) is 60.5 Å². The Hall–Kier alpha value is -1.88. The highest BCUT2D eigenvalue weighted by Crippen LogP contribution is 2.30. The van der Waals surface area contributed by atoms with E-state index in [2.05, 4.69) is 23.6 Å². The van der Waals surface area contributed by atoms with Crippen LogP contribution < -0.4 is 10.6 Å². The lowest BCUT2D eigenvalue weighted by molar-refractivity contribution is -0.129. The van der Waals surface area contributed by atoms with E-state index in [0.717, 1.165) is 38.0 Å². The lowest BCUT2D eigenvalue weighted by atomic mass is 9.84. The van der Waals surface area contributed by atoms with Crippen molar-refractivity contribution in [2.75, 3.05) is 19.8 Å². The first-order chi connectivity index (χ1) is 12.5. The number of carbonyl (C=O) groups excluding carboxylic acids is 2. The van der Waals surface area contributed by atoms with Gasteiger partial charge in [0.15, 0.2) is 0 Å². The summed E-state index contributed by atoms with van der Waals surface area (Å²) in [6.07, 6.45) is 2.96. The molecule has 0 aromatic heterocycles. The van der Waals surface area contributed by atoms with Gasteiger partial charge in [0.2, 0.25) is 5.91 Å². The van der Waals surface area contributed by atoms with Crippen LogP contribution in [0.3, 0.4) is 0 Å². The van der Waals surface area contributed by atoms with E-state index in [0.29, 0.717) is 18.0 Å². The average molecular weight is 358 g/mol. The van der Waals surface area contributed by atoms with Crippen molar-refractivity contribution in [3.8, 4) is 0 Å². The molecule has 1 aromatic rings. The highest BCUT2D eigenvalue weighted by atomic mass is 16.5. The Kier molecular flexibility index (Phi) is 5.97. The van der Waals surface area contributed by atoms with Crippen LogP contribution in [-0.4, -0.2) is 37.6 Å². The van der Waals surface area contributed by atoms with E-state index in [1.54, 1.807) is 0 Å². The van der Waals surface area contributed by atoms with Gasteiger partial charge in [0.1, 0.15) is 0 Å². The van der Waals surface area contributed by atoms with Crippen LogP contribution in [0.5, 0.6) is 0 Å². The van der Waals surface area contributed by atoms with Crippen molar-refractivity contribution in [1.29, 1.82) is 0 Å². The minimum absolute atomic E-state index is 0.0456. The quantitative estimate of drug-likeness (QED) is 0.870. The van der Waals surface area contributed by atoms with Gasteiger partial charge in [-0.05, 0) is 62.1 Å². The van der Waals surface area contributed by atoms with Gasteiger partial charge < -0.3 is 15.4 Å². The molecule has 3 atom stereocenters. The summed E-state index contributed by atoms with van der Waals surface area (Å²) in [6.45, 7) is 8.09. The van der Waals surface area contributed by atoms with Crippen LogP contribution >= 0.6 is 0 Å². The molecule has 5 heteroatoms. The Balaban J connectivity index is 1.67. The van der Waals surface area contributed by atoms with E-state index in [1.807, 2.05) is 26.0 Å². The van der Waals surface area contributed by atoms with Crippen LogP contribution in [0.15, 0.2) is 18.2 Å². The molecule has 2 fully saturated rings. The number of amides is 2. The number of ether oxygens (including phenoxy) is 1. The molecule has 0 bridgehead atoms. The topological polar surface area (TPSA) is 67.4 Å². The molecule has 2 aliphatic heterocycles. The smallest absolute Gasteiger partial charge is 0.251 e. The number of carbonyl (C=O) groups is 2. The molecule has 0 saturated carbocycles. The number of hydrogen-bond acceptors (Lipinski definition) is 3. The molecule has 2 amide bonds. The van der Waals surface area contributed by atoms with Gasteiger partial charge in [0.25, 0.3) is 5.91 Å². The molecule has 3 unspecified atom stereocenters. The molecule has 0 aliphatic carbocycles. The first-order valence-corrected chi connectivity index (χ1v) is 9.73. The standard InChI is InChI=1S/C21H30N2O3/c1-13-11-14(2)23-21(25)19(13)12-22-20(24)18-6-4-5-17(15(18)3)16-7-9-26-10-8-16/h4-6,13-14,16,19H,7-12H2,1-3H3,(H,22,24)(H,23,25). The molecule has 2 heterocycles. The number of piperidine rings is 1. The Morgan fingerprint density at radius 1 is 1.27 bits per heavy atom. The monoisotopic (exact) mass is 358 g/mol. The van der Waals surface area contributed by atoms with Gasteiger partial charge in [0, 0.05) is 31.4 Å². The third-order valence-electron chi connectivity index (χ3n) is 5.90. The van der Waals surface area contributed by atoms with Gasteiger partial charge in [-0.1, -0.05) is 19.1 Å². The second kappa shape index (κ2) is 8.21. The Bertz CT molecular complexity index is 667. The summed E-state index contributed by atoms with van der Waals surface area (Å²) in [5.74, 6) is 0.532. The van der Waals surface area contributed by atoms with Gasteiger partial charge >= 0.3 is 0 Å². The summed E-state index contributed by atoms with van der Waals surface area (Å²) in [5.41, 5.74) is 3.01. The minimum atomic E-state index is -0.158. The predicted molar refractivity (Wildman–Crippen MR) is 101 cm³/mol. The summed E-state index contributed by atoms with van der Waals surface area (Å²) < 4.78 is 5.45. The lowest BCUT2D eigenvalue weighted by Gasteiger charge is -2.32. The molecule has 2 N–H and O–H groups in total. The van der Waals surface area contributed by atoms with Crippen LogP contribution in [-0.2, 0) is 9.53 Å². The minimum Gasteiger partial charge on any atom is -0.381 e. The predicted octanol–water partition coefficient (Wildman–Crippen LogP) is 2.78. The molecule has 26 heavy (non-hydrogen) atoms. The Labute approximate surface area is 155 Å². The second-order valence-electron chi connectivity index (χ2n) is 7.85. The number of nitrogens with one attached hydrogen (secondary N) is 2. The summed E-state index contributed by atoms with van der Waals surface area (Å²) in [4.78, 5) is 25.0. The maximum absolute atomic E-state index is 12.8. The fraction of sp³-hybridized carbons (Fsp3) is 0.619. The summed E-state index contributed by atoms with van der Waals surface area (Å²) >= 11 is 0. The zero-order chi connectivity index (χ0) is 18.7. The average Bonchev–Trinajstić information content (AvgIpc) is 2.61. The normalized spacial score (nSPS) is 27.0. The van der Waals surface area contributed by atoms with E-state index >= 15 is 0 Å². The van der Waals surface area contributed by atoms with E-state index in [-0.39, 0.29) is 29.7 Å². The summed E-state index contributed by atoms with van der Waals surface area (Å²) in [7, 11) is 0. The molecule has 142 valence electrons. The maximum atomic E-state index is 12.8. The van der Waals surface area contributed by atoms with E-state index in [1.165, 1.54) is 5.56 Å². The molecular formula is C21H30N2O3. The van der Waals surface area contributed by atoms with E-state index in [4.69, 9.17) is 4.74 Å². The van der Waals surface area contributed by atoms with Crippen LogP contribution in [0.4, 0.5) is 0 Å². The van der Waals surface area contributed by atoms with Gasteiger partial charge in [0.05, 0.1) is 5.92 Å². The highest BCUT2D eigenvalue weighted by Gasteiger charge is 2.32. The highest BCUT2D eigenvalue weighted by molar-refractivity contribution is 5.96. The van der Waals surface area contributed by atoms with Crippen LogP contribution in [0.25, 0.3) is 0 Å². The molecule has 2 saturated heterocycles. The number of rotatable bonds is 4. The molecule has 3 rings (SSSR count). The van der Waals surface area contributed by atoms with Gasteiger partial charge in [-0.15, -0.1) is 0 Å². The van der Waals surface area contributed by atoms with Crippen LogP contribution in [0.2, 0.25) is 0 Å². The number of hydrogen-bond donors (Lipinski definition) is 2. The molecule has 1 aromatic carbocycles. The molecule has 0 spiro atoms. The number of benzene rings is 1. The van der Waals surface area contributed by atoms with E-state index < -0.39 is 0 Å². The lowest BCUT2D eigenvalue weighted by Crippen LogP contribution is -2.50. The van der Waals surface area contributed by atoms with Gasteiger partial charge in [-0.25, -0.2) is 0 Å². The van der Waals surface area contributed by atoms with Crippen molar-refractivity contribution in [2.24, 2.45) is 11.8 Å². The summed E-state index contributed by atoms with van der Waals surface area (Å²) in [6, 6.07) is 6.17. The largest absolute Gasteiger partial charge is 0.381 e. The third-order valence-corrected chi connectivity index (χ3v) is 5.90. The fourth-order valence-corrected chi connectivity index (χ4v) is 4.33. The molecule has 0 radical (unpaired) electrons. The van der Waals surface area contributed by atoms with Crippen molar-refractivity contribution in [1.82, 2.24) is 10.6 Å². The van der Waals surface area contributed by atoms with E-state index in [9.17, 15) is 9.59 Å². The van der Waals surface area contributed by atoms with Gasteiger partial charge in [-0.3, -0.25) is 9.59 Å². The van der Waals surface area contributed by atoms with Crippen molar-refractivity contribution >= 4 is 11.8 Å². The van der Waals surface area contributed by atoms with Crippen LogP contribution in [0, 0.1) is 18.8 Å². The zero-order valence-electron chi connectivity index (χ0n) is 16.0. The summed E-state index contributed by atoms with van der Waals surface area (Å²) in [5, 5.41) is 5.98. The zero-order valence-corrected chi connectivity index (χ0v) is 16.0. The van der Waals surface area contributed by atoms with Crippen molar-refractivity contribution in [2.45, 2.75) is 52.0 Å². The Morgan fingerprint density at radius 2 is 2.00 bits per heavy atom. The first-order valence-electron chi connectivity index (χ1n) is 9.73. The fourth-order valence-electron chi connectivity index (χ4n) is 4.33. The second-order valence-corrected chi connectivity index (χ2v) is 7.85. The SMILES string of the molecule is Cc1c(C(=O)NCC2C(=O)NC(C)CC2C)cccc1C1CCOCC1. The Morgan fingerprint density at radius 3 is 2.69 bits per heavy atom. The van der Waals surface area contributed by atoms with Crippen molar-refractivity contribution < 1.29 is 14.3 Å². The maximum Gasteiger partial charge on any atom is 0.251 e. The molecule has 2 aliphatic rings. The first kappa shape index (κ1) is 18.9. The van der Waals surface area contributed by atoms with Gasteiger partial charge in [-0.2, -0.15) is 0 Å². The third kappa shape index (κ3) is 4.09. The molecular weight excluding hydrogens is 328 g/mol. The van der Waals surface area contributed by atoms with Crippen molar-refractivity contribution in [3.05, 3.63) is 34.9 Å². The molecule has 5 nitrogen and oxygen atoms in total.